The molecule has 9 nitrogen and oxygen atoms in total. The van der Waals surface area contributed by atoms with E-state index >= 15 is 0 Å². The number of ether oxygens (including phenoxy) is 1. The standard InChI is InChI=1S/C25H35Cl2N5O4/c1-5-11-28-24(34)32-13-12-30(14-16(32)4)15-19-20(23(33)36-7-3)22(29-25(35)31(19)6-2)17-9-8-10-18(26)21(17)27/h8-10,16,22H,5-7,11-15H2,1-4H3,(H,28,34)(H,29,35)/t16-,22-/m1/s1. The quantitative estimate of drug-likeness (QED) is 0.486. The van der Waals surface area contributed by atoms with E-state index in [4.69, 9.17) is 27.9 Å². The molecule has 1 saturated heterocycles. The van der Waals surface area contributed by atoms with Gasteiger partial charge in [0.05, 0.1) is 28.3 Å². The van der Waals surface area contributed by atoms with Gasteiger partial charge in [0.1, 0.15) is 0 Å². The average molecular weight is 540 g/mol. The normalized spacial score (nSPS) is 20.9. The van der Waals surface area contributed by atoms with E-state index < -0.39 is 12.0 Å². The van der Waals surface area contributed by atoms with Crippen LogP contribution in [-0.2, 0) is 9.53 Å². The van der Waals surface area contributed by atoms with Crippen molar-refractivity contribution in [3.8, 4) is 0 Å². The van der Waals surface area contributed by atoms with Crippen molar-refractivity contribution in [1.29, 1.82) is 0 Å². The van der Waals surface area contributed by atoms with Crippen LogP contribution in [0.1, 0.15) is 45.7 Å². The van der Waals surface area contributed by atoms with E-state index in [0.29, 0.717) is 61.1 Å². The molecule has 1 aromatic carbocycles. The van der Waals surface area contributed by atoms with Crippen molar-refractivity contribution < 1.29 is 19.1 Å². The van der Waals surface area contributed by atoms with Gasteiger partial charge in [0, 0.05) is 51.0 Å². The second-order valence-electron chi connectivity index (χ2n) is 8.86. The number of urea groups is 2. The molecule has 2 aliphatic heterocycles. The van der Waals surface area contributed by atoms with Gasteiger partial charge in [-0.3, -0.25) is 9.80 Å². The smallest absolute Gasteiger partial charge is 0.338 e. The first-order chi connectivity index (χ1) is 17.2. The fourth-order valence-electron chi connectivity index (χ4n) is 4.66. The van der Waals surface area contributed by atoms with Crippen LogP contribution in [0.25, 0.3) is 0 Å². The van der Waals surface area contributed by atoms with Gasteiger partial charge in [-0.15, -0.1) is 0 Å². The molecule has 2 aliphatic rings. The number of nitrogens with one attached hydrogen (secondary N) is 2. The van der Waals surface area contributed by atoms with Gasteiger partial charge in [-0.05, 0) is 38.8 Å². The van der Waals surface area contributed by atoms with Crippen LogP contribution >= 0.6 is 23.2 Å². The molecule has 0 spiro atoms. The van der Waals surface area contributed by atoms with Crippen molar-refractivity contribution in [2.24, 2.45) is 0 Å². The molecule has 0 radical (unpaired) electrons. The zero-order valence-electron chi connectivity index (χ0n) is 21.3. The maximum Gasteiger partial charge on any atom is 0.338 e. The number of benzene rings is 1. The zero-order valence-corrected chi connectivity index (χ0v) is 22.8. The molecular formula is C25H35Cl2N5O4. The lowest BCUT2D eigenvalue weighted by Gasteiger charge is -2.42. The van der Waals surface area contributed by atoms with Gasteiger partial charge in [0.25, 0.3) is 0 Å². The summed E-state index contributed by atoms with van der Waals surface area (Å²) in [6, 6.07) is 3.89. The maximum atomic E-state index is 13.3. The topological polar surface area (TPSA) is 94.2 Å². The molecule has 3 rings (SSSR count). The van der Waals surface area contributed by atoms with Gasteiger partial charge in [-0.2, -0.15) is 0 Å². The Labute approximate surface area is 222 Å². The summed E-state index contributed by atoms with van der Waals surface area (Å²) in [5.74, 6) is -0.516. The van der Waals surface area contributed by atoms with Crippen molar-refractivity contribution in [1.82, 2.24) is 25.3 Å². The molecule has 1 fully saturated rings. The Balaban J connectivity index is 1.97. The molecule has 0 aliphatic carbocycles. The average Bonchev–Trinajstić information content (AvgIpc) is 2.84. The van der Waals surface area contributed by atoms with Crippen molar-refractivity contribution in [3.05, 3.63) is 45.1 Å². The molecule has 0 aromatic heterocycles. The first-order valence-corrected chi connectivity index (χ1v) is 13.2. The largest absolute Gasteiger partial charge is 0.463 e. The third kappa shape index (κ3) is 6.07. The number of halogens is 2. The highest BCUT2D eigenvalue weighted by Crippen LogP contribution is 2.38. The van der Waals surface area contributed by atoms with E-state index in [1.807, 2.05) is 25.7 Å². The number of nitrogens with zero attached hydrogens (tertiary/aromatic N) is 3. The summed E-state index contributed by atoms with van der Waals surface area (Å²) in [7, 11) is 0. The highest BCUT2D eigenvalue weighted by atomic mass is 35.5. The molecule has 0 unspecified atom stereocenters. The number of likely N-dealkylation sites (N-methyl/N-ethyl adjacent to an activating group) is 1. The highest BCUT2D eigenvalue weighted by molar-refractivity contribution is 6.42. The van der Waals surface area contributed by atoms with Crippen LogP contribution in [0.3, 0.4) is 0 Å². The first kappa shape index (κ1) is 28.1. The van der Waals surface area contributed by atoms with Crippen LogP contribution in [0.4, 0.5) is 9.59 Å². The molecule has 2 N–H and O–H groups in total. The number of amides is 4. The monoisotopic (exact) mass is 539 g/mol. The van der Waals surface area contributed by atoms with Gasteiger partial charge in [0.15, 0.2) is 0 Å². The summed E-state index contributed by atoms with van der Waals surface area (Å²) in [6.07, 6.45) is 0.873. The molecule has 11 heteroatoms. The number of hydrogen-bond donors (Lipinski definition) is 2. The van der Waals surface area contributed by atoms with E-state index in [0.717, 1.165) is 6.42 Å². The minimum absolute atomic E-state index is 0.0343. The van der Waals surface area contributed by atoms with Crippen LogP contribution in [0, 0.1) is 0 Å². The predicted molar refractivity (Wildman–Crippen MR) is 140 cm³/mol. The van der Waals surface area contributed by atoms with Gasteiger partial charge < -0.3 is 20.3 Å². The van der Waals surface area contributed by atoms with Gasteiger partial charge in [-0.1, -0.05) is 42.3 Å². The molecule has 0 bridgehead atoms. The zero-order chi connectivity index (χ0) is 26.4. The predicted octanol–water partition coefficient (Wildman–Crippen LogP) is 4.02. The van der Waals surface area contributed by atoms with E-state index in [1.54, 1.807) is 30.0 Å². The lowest BCUT2D eigenvalue weighted by atomic mass is 9.94. The summed E-state index contributed by atoms with van der Waals surface area (Å²) < 4.78 is 5.43. The number of carbonyl (C=O) groups excluding carboxylic acids is 3. The van der Waals surface area contributed by atoms with Crippen LogP contribution in [-0.4, -0.2) is 84.6 Å². The molecule has 2 heterocycles. The number of piperazine rings is 1. The lowest BCUT2D eigenvalue weighted by Crippen LogP contribution is -2.58. The van der Waals surface area contributed by atoms with Crippen molar-refractivity contribution >= 4 is 41.2 Å². The third-order valence-electron chi connectivity index (χ3n) is 6.41. The van der Waals surface area contributed by atoms with E-state index in [9.17, 15) is 14.4 Å². The molecule has 198 valence electrons. The maximum absolute atomic E-state index is 13.3. The fourth-order valence-corrected chi connectivity index (χ4v) is 5.07. The Morgan fingerprint density at radius 1 is 1.19 bits per heavy atom. The van der Waals surface area contributed by atoms with Crippen LogP contribution < -0.4 is 10.6 Å². The van der Waals surface area contributed by atoms with E-state index in [1.165, 1.54) is 0 Å². The highest BCUT2D eigenvalue weighted by Gasteiger charge is 2.40. The Morgan fingerprint density at radius 3 is 2.58 bits per heavy atom. The van der Waals surface area contributed by atoms with E-state index in [2.05, 4.69) is 15.5 Å². The summed E-state index contributed by atoms with van der Waals surface area (Å²) >= 11 is 12.8. The van der Waals surface area contributed by atoms with Crippen molar-refractivity contribution in [3.63, 3.8) is 0 Å². The lowest BCUT2D eigenvalue weighted by molar-refractivity contribution is -0.139. The van der Waals surface area contributed by atoms with Gasteiger partial charge in [-0.25, -0.2) is 14.4 Å². The Morgan fingerprint density at radius 2 is 1.94 bits per heavy atom. The summed E-state index contributed by atoms with van der Waals surface area (Å²) in [5.41, 5.74) is 1.43. The third-order valence-corrected chi connectivity index (χ3v) is 7.25. The molecule has 4 amide bonds. The fraction of sp³-hybridized carbons (Fsp3) is 0.560. The first-order valence-electron chi connectivity index (χ1n) is 12.4. The number of rotatable bonds is 8. The van der Waals surface area contributed by atoms with Crippen molar-refractivity contribution in [2.75, 3.05) is 45.9 Å². The number of esters is 1. The molecule has 36 heavy (non-hydrogen) atoms. The summed E-state index contributed by atoms with van der Waals surface area (Å²) in [4.78, 5) is 44.5. The second-order valence-corrected chi connectivity index (χ2v) is 9.65. The second kappa shape index (κ2) is 12.7. The van der Waals surface area contributed by atoms with Gasteiger partial charge >= 0.3 is 18.0 Å². The summed E-state index contributed by atoms with van der Waals surface area (Å²) in [5, 5.41) is 6.45. The van der Waals surface area contributed by atoms with Gasteiger partial charge in [0.2, 0.25) is 0 Å². The Kier molecular flexibility index (Phi) is 9.87. The van der Waals surface area contributed by atoms with Crippen LogP contribution in [0.5, 0.6) is 0 Å². The van der Waals surface area contributed by atoms with Crippen molar-refractivity contribution in [2.45, 2.75) is 46.2 Å². The molecular weight excluding hydrogens is 505 g/mol. The van der Waals surface area contributed by atoms with Crippen LogP contribution in [0.15, 0.2) is 29.5 Å². The Hall–Kier alpha value is -2.49. The molecule has 0 saturated carbocycles. The summed E-state index contributed by atoms with van der Waals surface area (Å²) in [6.45, 7) is 10.9. The van der Waals surface area contributed by atoms with E-state index in [-0.39, 0.29) is 29.7 Å². The minimum Gasteiger partial charge on any atom is -0.463 e. The molecule has 1 aromatic rings. The number of carbonyl (C=O) groups is 3. The SMILES string of the molecule is CCCNC(=O)N1CCN(CC2=C(C(=O)OCC)[C@@H](c3cccc(Cl)c3Cl)NC(=O)N2CC)C[C@H]1C. The minimum atomic E-state index is -0.806. The molecule has 2 atom stereocenters. The Bertz CT molecular complexity index is 1020. The number of hydrogen-bond acceptors (Lipinski definition) is 5. The van der Waals surface area contributed by atoms with Crippen LogP contribution in [0.2, 0.25) is 10.0 Å².